The molecule has 0 spiro atoms. The predicted molar refractivity (Wildman–Crippen MR) is 133 cm³/mol. The van der Waals surface area contributed by atoms with E-state index < -0.39 is 0 Å². The molecule has 7 nitrogen and oxygen atoms in total. The molecular formula is C25H26FN5O2S. The predicted octanol–water partition coefficient (Wildman–Crippen LogP) is 4.46. The second-order valence-corrected chi connectivity index (χ2v) is 9.09. The van der Waals surface area contributed by atoms with Crippen LogP contribution in [0.15, 0.2) is 52.4 Å². The van der Waals surface area contributed by atoms with Gasteiger partial charge in [0.15, 0.2) is 10.7 Å². The van der Waals surface area contributed by atoms with E-state index in [-0.39, 0.29) is 29.6 Å². The average Bonchev–Trinajstić information content (AvgIpc) is 3.14. The molecule has 0 saturated carbocycles. The number of aromatic nitrogens is 4. The summed E-state index contributed by atoms with van der Waals surface area (Å²) in [6.45, 7) is 8.47. The van der Waals surface area contributed by atoms with Crippen LogP contribution in [0.3, 0.4) is 0 Å². The molecule has 0 atom stereocenters. The van der Waals surface area contributed by atoms with Crippen molar-refractivity contribution in [1.82, 2.24) is 19.3 Å². The van der Waals surface area contributed by atoms with Crippen molar-refractivity contribution >= 4 is 34.4 Å². The van der Waals surface area contributed by atoms with Crippen molar-refractivity contribution < 1.29 is 9.18 Å². The molecule has 34 heavy (non-hydrogen) atoms. The molecule has 0 unspecified atom stereocenters. The minimum atomic E-state index is -0.345. The number of nitrogens with one attached hydrogen (secondary N) is 1. The van der Waals surface area contributed by atoms with E-state index >= 15 is 0 Å². The van der Waals surface area contributed by atoms with Gasteiger partial charge in [0.1, 0.15) is 11.3 Å². The van der Waals surface area contributed by atoms with Crippen LogP contribution in [0.4, 0.5) is 10.1 Å². The van der Waals surface area contributed by atoms with Crippen molar-refractivity contribution in [1.29, 1.82) is 0 Å². The number of nitrogens with zero attached hydrogens (tertiary/aromatic N) is 4. The third-order valence-electron chi connectivity index (χ3n) is 5.66. The summed E-state index contributed by atoms with van der Waals surface area (Å²) in [5, 5.41) is 7.75. The highest BCUT2D eigenvalue weighted by Crippen LogP contribution is 2.22. The third kappa shape index (κ3) is 4.89. The third-order valence-corrected chi connectivity index (χ3v) is 6.63. The Morgan fingerprint density at radius 2 is 1.82 bits per heavy atom. The zero-order chi connectivity index (χ0) is 24.4. The average molecular weight is 480 g/mol. The van der Waals surface area contributed by atoms with Gasteiger partial charge in [0.05, 0.1) is 18.0 Å². The van der Waals surface area contributed by atoms with Crippen LogP contribution in [0, 0.1) is 26.6 Å². The van der Waals surface area contributed by atoms with E-state index in [2.05, 4.69) is 10.4 Å². The van der Waals surface area contributed by atoms with Gasteiger partial charge in [-0.1, -0.05) is 30.0 Å². The number of halogens is 1. The molecule has 0 fully saturated rings. The summed E-state index contributed by atoms with van der Waals surface area (Å²) in [5.74, 6) is -0.464. The van der Waals surface area contributed by atoms with Crippen LogP contribution in [0.5, 0.6) is 0 Å². The number of carbonyl (C=O) groups excluding carboxylic acids is 1. The van der Waals surface area contributed by atoms with Gasteiger partial charge in [-0.25, -0.2) is 9.37 Å². The molecule has 176 valence electrons. The molecule has 9 heteroatoms. The Bertz CT molecular complexity index is 1430. The van der Waals surface area contributed by atoms with Gasteiger partial charge < -0.3 is 5.32 Å². The van der Waals surface area contributed by atoms with Crippen LogP contribution >= 0.6 is 11.8 Å². The number of fused-ring (bicyclic) bond motifs is 1. The summed E-state index contributed by atoms with van der Waals surface area (Å²) in [6, 6.07) is 11.7. The van der Waals surface area contributed by atoms with E-state index in [1.807, 2.05) is 45.9 Å². The van der Waals surface area contributed by atoms with Crippen molar-refractivity contribution in [3.8, 4) is 0 Å². The first kappa shape index (κ1) is 23.7. The highest BCUT2D eigenvalue weighted by atomic mass is 32.2. The molecular weight excluding hydrogens is 453 g/mol. The standard InChI is InChI=1S/C25H26FN5O2S/c1-5-31-23-22(17(4)29-31)28-25(30(24(23)33)13-18-7-9-19(26)10-8-18)34-14-21(32)27-20-11-6-15(2)16(3)12-20/h6-12H,5,13-14H2,1-4H3,(H,27,32). The highest BCUT2D eigenvalue weighted by molar-refractivity contribution is 7.99. The van der Waals surface area contributed by atoms with E-state index in [4.69, 9.17) is 4.98 Å². The van der Waals surface area contributed by atoms with Crippen LogP contribution in [0.1, 0.15) is 29.3 Å². The van der Waals surface area contributed by atoms with Crippen molar-refractivity contribution in [2.45, 2.75) is 45.9 Å². The van der Waals surface area contributed by atoms with Gasteiger partial charge >= 0.3 is 0 Å². The minimum Gasteiger partial charge on any atom is -0.325 e. The molecule has 2 aromatic heterocycles. The lowest BCUT2D eigenvalue weighted by Crippen LogP contribution is -2.26. The lowest BCUT2D eigenvalue weighted by atomic mass is 10.1. The molecule has 0 aliphatic rings. The van der Waals surface area contributed by atoms with E-state index in [1.165, 1.54) is 28.5 Å². The van der Waals surface area contributed by atoms with E-state index in [0.29, 0.717) is 28.4 Å². The number of rotatable bonds is 7. The van der Waals surface area contributed by atoms with Gasteiger partial charge in [0.25, 0.3) is 5.56 Å². The molecule has 2 heterocycles. The number of thioether (sulfide) groups is 1. The van der Waals surface area contributed by atoms with E-state index in [0.717, 1.165) is 22.4 Å². The van der Waals surface area contributed by atoms with Gasteiger partial charge in [-0.05, 0) is 68.7 Å². The number of carbonyl (C=O) groups is 1. The second-order valence-electron chi connectivity index (χ2n) is 8.15. The van der Waals surface area contributed by atoms with Gasteiger partial charge in [0.2, 0.25) is 5.91 Å². The topological polar surface area (TPSA) is 81.8 Å². The number of aryl methyl sites for hydroxylation is 4. The Morgan fingerprint density at radius 3 is 2.50 bits per heavy atom. The number of anilines is 1. The van der Waals surface area contributed by atoms with Gasteiger partial charge in [0, 0.05) is 12.2 Å². The van der Waals surface area contributed by atoms with E-state index in [1.54, 1.807) is 16.8 Å². The quantitative estimate of drug-likeness (QED) is 0.313. The van der Waals surface area contributed by atoms with Gasteiger partial charge in [-0.15, -0.1) is 0 Å². The van der Waals surface area contributed by atoms with Crippen LogP contribution in [-0.4, -0.2) is 31.0 Å². The summed E-state index contributed by atoms with van der Waals surface area (Å²) >= 11 is 1.19. The Balaban J connectivity index is 1.66. The first-order valence-electron chi connectivity index (χ1n) is 11.0. The summed E-state index contributed by atoms with van der Waals surface area (Å²) in [6.07, 6.45) is 0. The molecule has 0 radical (unpaired) electrons. The normalized spacial score (nSPS) is 11.2. The fourth-order valence-electron chi connectivity index (χ4n) is 3.69. The maximum absolute atomic E-state index is 13.5. The van der Waals surface area contributed by atoms with Crippen LogP contribution in [0.25, 0.3) is 11.0 Å². The highest BCUT2D eigenvalue weighted by Gasteiger charge is 2.19. The van der Waals surface area contributed by atoms with Crippen molar-refractivity contribution in [3.05, 3.63) is 81.0 Å². The number of hydrogen-bond donors (Lipinski definition) is 1. The van der Waals surface area contributed by atoms with Crippen LogP contribution < -0.4 is 10.9 Å². The zero-order valence-electron chi connectivity index (χ0n) is 19.6. The van der Waals surface area contributed by atoms with Crippen molar-refractivity contribution in [2.24, 2.45) is 0 Å². The molecule has 4 rings (SSSR count). The van der Waals surface area contributed by atoms with E-state index in [9.17, 15) is 14.0 Å². The first-order valence-corrected chi connectivity index (χ1v) is 12.0. The SMILES string of the molecule is CCn1nc(C)c2nc(SCC(=O)Nc3ccc(C)c(C)c3)n(Cc3ccc(F)cc3)c(=O)c21. The van der Waals surface area contributed by atoms with Crippen LogP contribution in [0.2, 0.25) is 0 Å². The van der Waals surface area contributed by atoms with Crippen molar-refractivity contribution in [3.63, 3.8) is 0 Å². The first-order chi connectivity index (χ1) is 16.3. The largest absolute Gasteiger partial charge is 0.325 e. The Labute approximate surface area is 201 Å². The Kier molecular flexibility index (Phi) is 6.83. The molecule has 2 aromatic carbocycles. The monoisotopic (exact) mass is 479 g/mol. The molecule has 4 aromatic rings. The summed E-state index contributed by atoms with van der Waals surface area (Å²) in [7, 11) is 0. The summed E-state index contributed by atoms with van der Waals surface area (Å²) < 4.78 is 16.6. The zero-order valence-corrected chi connectivity index (χ0v) is 20.4. The Morgan fingerprint density at radius 1 is 1.09 bits per heavy atom. The van der Waals surface area contributed by atoms with Crippen molar-refractivity contribution in [2.75, 3.05) is 11.1 Å². The maximum Gasteiger partial charge on any atom is 0.280 e. The minimum absolute atomic E-state index is 0.0786. The number of hydrogen-bond acceptors (Lipinski definition) is 5. The fourth-order valence-corrected chi connectivity index (χ4v) is 4.48. The number of benzene rings is 2. The number of amides is 1. The Hall–Kier alpha value is -3.46. The maximum atomic E-state index is 13.5. The molecule has 0 saturated heterocycles. The molecule has 0 aliphatic heterocycles. The summed E-state index contributed by atoms with van der Waals surface area (Å²) in [5.41, 5.74) is 5.08. The molecule has 1 amide bonds. The lowest BCUT2D eigenvalue weighted by molar-refractivity contribution is -0.113. The molecule has 0 aliphatic carbocycles. The molecule has 0 bridgehead atoms. The fraction of sp³-hybridized carbons (Fsp3) is 0.280. The van der Waals surface area contributed by atoms with Gasteiger partial charge in [-0.2, -0.15) is 5.10 Å². The summed E-state index contributed by atoms with van der Waals surface area (Å²) in [4.78, 5) is 30.9. The second kappa shape index (κ2) is 9.80. The van der Waals surface area contributed by atoms with Gasteiger partial charge in [-0.3, -0.25) is 18.8 Å². The van der Waals surface area contributed by atoms with Crippen LogP contribution in [-0.2, 0) is 17.9 Å². The lowest BCUT2D eigenvalue weighted by Gasteiger charge is -2.13. The smallest absolute Gasteiger partial charge is 0.280 e. The molecule has 1 N–H and O–H groups in total.